The average Bonchev–Trinajstić information content (AvgIpc) is 3.00. The van der Waals surface area contributed by atoms with E-state index in [9.17, 15) is 4.79 Å². The largest absolute Gasteiger partial charge is 0.350 e. The highest BCUT2D eigenvalue weighted by molar-refractivity contribution is 5.76. The highest BCUT2D eigenvalue weighted by Crippen LogP contribution is 2.26. The number of rotatable bonds is 3. The molecule has 0 saturated carbocycles. The standard InChI is InChI=1S/C11H18N6O/c18-11(7-17-8-12-14-15-17)13-9-4-6-16-5-2-1-3-10(9)16/h8-10H,1-7H2,(H,13,18)/t9-,10+/m0/s1. The van der Waals surface area contributed by atoms with Gasteiger partial charge in [-0.3, -0.25) is 9.69 Å². The number of carbonyl (C=O) groups is 1. The highest BCUT2D eigenvalue weighted by atomic mass is 16.2. The van der Waals surface area contributed by atoms with E-state index in [-0.39, 0.29) is 12.5 Å². The van der Waals surface area contributed by atoms with Crippen molar-refractivity contribution in [1.82, 2.24) is 30.4 Å². The summed E-state index contributed by atoms with van der Waals surface area (Å²) < 4.78 is 1.45. The number of hydrogen-bond donors (Lipinski definition) is 1. The zero-order valence-electron chi connectivity index (χ0n) is 10.3. The van der Waals surface area contributed by atoms with Gasteiger partial charge in [0.15, 0.2) is 0 Å². The van der Waals surface area contributed by atoms with Crippen LogP contribution in [0.2, 0.25) is 0 Å². The normalized spacial score (nSPS) is 28.0. The molecule has 0 unspecified atom stereocenters. The van der Waals surface area contributed by atoms with Crippen LogP contribution in [-0.2, 0) is 11.3 Å². The van der Waals surface area contributed by atoms with Crippen LogP contribution in [0.3, 0.4) is 0 Å². The van der Waals surface area contributed by atoms with E-state index in [2.05, 4.69) is 25.7 Å². The predicted molar refractivity (Wildman–Crippen MR) is 63.6 cm³/mol. The molecule has 3 heterocycles. The second kappa shape index (κ2) is 5.01. The fourth-order valence-electron chi connectivity index (χ4n) is 3.07. The molecule has 7 nitrogen and oxygen atoms in total. The number of tetrazole rings is 1. The van der Waals surface area contributed by atoms with Crippen LogP contribution in [0.4, 0.5) is 0 Å². The smallest absolute Gasteiger partial charge is 0.242 e. The van der Waals surface area contributed by atoms with Gasteiger partial charge < -0.3 is 5.32 Å². The van der Waals surface area contributed by atoms with Crippen molar-refractivity contribution in [2.45, 2.75) is 44.3 Å². The Bertz CT molecular complexity index is 406. The molecule has 0 radical (unpaired) electrons. The van der Waals surface area contributed by atoms with Gasteiger partial charge in [0.25, 0.3) is 0 Å². The maximum absolute atomic E-state index is 11.9. The molecule has 1 N–H and O–H groups in total. The number of carbonyl (C=O) groups excluding carboxylic acids is 1. The molecule has 98 valence electrons. The molecule has 0 bridgehead atoms. The van der Waals surface area contributed by atoms with Crippen LogP contribution >= 0.6 is 0 Å². The lowest BCUT2D eigenvalue weighted by molar-refractivity contribution is -0.122. The highest BCUT2D eigenvalue weighted by Gasteiger charge is 2.36. The first kappa shape index (κ1) is 11.6. The summed E-state index contributed by atoms with van der Waals surface area (Å²) in [5.41, 5.74) is 0. The number of aromatic nitrogens is 4. The van der Waals surface area contributed by atoms with Crippen LogP contribution in [0.5, 0.6) is 0 Å². The molecule has 1 aromatic rings. The summed E-state index contributed by atoms with van der Waals surface area (Å²) in [7, 11) is 0. The van der Waals surface area contributed by atoms with Crippen molar-refractivity contribution < 1.29 is 4.79 Å². The van der Waals surface area contributed by atoms with E-state index in [1.807, 2.05) is 0 Å². The predicted octanol–water partition coefficient (Wildman–Crippen LogP) is -0.584. The van der Waals surface area contributed by atoms with Crippen molar-refractivity contribution in [2.24, 2.45) is 0 Å². The lowest BCUT2D eigenvalue weighted by Crippen LogP contribution is -2.47. The zero-order chi connectivity index (χ0) is 12.4. The molecule has 0 aliphatic carbocycles. The molecule has 0 aromatic carbocycles. The molecule has 2 aliphatic heterocycles. The SMILES string of the molecule is O=C(Cn1cnnn1)N[C@H]1CCN2CCCC[C@H]12. The number of fused-ring (bicyclic) bond motifs is 1. The Balaban J connectivity index is 1.54. The molecule has 3 rings (SSSR count). The first-order valence-corrected chi connectivity index (χ1v) is 6.57. The summed E-state index contributed by atoms with van der Waals surface area (Å²) >= 11 is 0. The first-order chi connectivity index (χ1) is 8.83. The van der Waals surface area contributed by atoms with E-state index in [1.165, 1.54) is 36.8 Å². The maximum atomic E-state index is 11.9. The van der Waals surface area contributed by atoms with Gasteiger partial charge in [0.2, 0.25) is 5.91 Å². The summed E-state index contributed by atoms with van der Waals surface area (Å²) in [5, 5.41) is 13.8. The molecule has 2 atom stereocenters. The minimum Gasteiger partial charge on any atom is -0.350 e. The topological polar surface area (TPSA) is 75.9 Å². The Morgan fingerprint density at radius 1 is 1.33 bits per heavy atom. The third kappa shape index (κ3) is 2.35. The van der Waals surface area contributed by atoms with Crippen LogP contribution in [0, 0.1) is 0 Å². The third-order valence-electron chi connectivity index (χ3n) is 3.90. The number of amides is 1. The number of nitrogens with one attached hydrogen (secondary N) is 1. The van der Waals surface area contributed by atoms with Crippen LogP contribution in [-0.4, -0.2) is 56.2 Å². The number of piperidine rings is 1. The van der Waals surface area contributed by atoms with Crippen molar-refractivity contribution in [3.8, 4) is 0 Å². The Hall–Kier alpha value is -1.50. The monoisotopic (exact) mass is 250 g/mol. The van der Waals surface area contributed by atoms with Gasteiger partial charge in [0.1, 0.15) is 12.9 Å². The first-order valence-electron chi connectivity index (χ1n) is 6.57. The summed E-state index contributed by atoms with van der Waals surface area (Å²) in [6.07, 6.45) is 6.30. The van der Waals surface area contributed by atoms with Crippen molar-refractivity contribution in [2.75, 3.05) is 13.1 Å². The van der Waals surface area contributed by atoms with E-state index >= 15 is 0 Å². The third-order valence-corrected chi connectivity index (χ3v) is 3.90. The second-order valence-electron chi connectivity index (χ2n) is 5.07. The molecule has 0 spiro atoms. The van der Waals surface area contributed by atoms with E-state index in [4.69, 9.17) is 0 Å². The lowest BCUT2D eigenvalue weighted by atomic mass is 9.99. The molecule has 2 fully saturated rings. The minimum atomic E-state index is -0.000256. The van der Waals surface area contributed by atoms with E-state index in [1.54, 1.807) is 0 Å². The Morgan fingerprint density at radius 2 is 2.28 bits per heavy atom. The summed E-state index contributed by atoms with van der Waals surface area (Å²) in [4.78, 5) is 14.4. The van der Waals surface area contributed by atoms with Gasteiger partial charge >= 0.3 is 0 Å². The summed E-state index contributed by atoms with van der Waals surface area (Å²) in [5.74, 6) is -0.000256. The minimum absolute atomic E-state index is 0.000256. The van der Waals surface area contributed by atoms with Crippen LogP contribution in [0.25, 0.3) is 0 Å². The van der Waals surface area contributed by atoms with Gasteiger partial charge in [-0.05, 0) is 36.2 Å². The number of nitrogens with zero attached hydrogens (tertiary/aromatic N) is 5. The van der Waals surface area contributed by atoms with E-state index in [0.717, 1.165) is 13.0 Å². The van der Waals surface area contributed by atoms with Crippen molar-refractivity contribution in [1.29, 1.82) is 0 Å². The Morgan fingerprint density at radius 3 is 3.11 bits per heavy atom. The average molecular weight is 250 g/mol. The molecular formula is C11H18N6O. The molecule has 2 saturated heterocycles. The van der Waals surface area contributed by atoms with E-state index in [0.29, 0.717) is 12.1 Å². The van der Waals surface area contributed by atoms with Crippen molar-refractivity contribution in [3.63, 3.8) is 0 Å². The maximum Gasteiger partial charge on any atom is 0.242 e. The van der Waals surface area contributed by atoms with Gasteiger partial charge in [-0.2, -0.15) is 0 Å². The van der Waals surface area contributed by atoms with Gasteiger partial charge in [-0.1, -0.05) is 6.42 Å². The summed E-state index contributed by atoms with van der Waals surface area (Å²) in [6.45, 7) is 2.50. The molecular weight excluding hydrogens is 232 g/mol. The quantitative estimate of drug-likeness (QED) is 0.776. The van der Waals surface area contributed by atoms with Gasteiger partial charge in [0, 0.05) is 18.6 Å². The second-order valence-corrected chi connectivity index (χ2v) is 5.07. The number of hydrogen-bond acceptors (Lipinski definition) is 5. The fraction of sp³-hybridized carbons (Fsp3) is 0.818. The van der Waals surface area contributed by atoms with Gasteiger partial charge in [-0.25, -0.2) is 4.68 Å². The zero-order valence-corrected chi connectivity index (χ0v) is 10.3. The molecule has 7 heteroatoms. The molecule has 1 aromatic heterocycles. The van der Waals surface area contributed by atoms with Crippen LogP contribution in [0.15, 0.2) is 6.33 Å². The Kier molecular flexibility index (Phi) is 3.22. The molecule has 1 amide bonds. The summed E-state index contributed by atoms with van der Waals surface area (Å²) in [6, 6.07) is 0.839. The van der Waals surface area contributed by atoms with Gasteiger partial charge in [-0.15, -0.1) is 5.10 Å². The Labute approximate surface area is 106 Å². The van der Waals surface area contributed by atoms with Crippen molar-refractivity contribution >= 4 is 5.91 Å². The van der Waals surface area contributed by atoms with Crippen LogP contribution < -0.4 is 5.32 Å². The molecule has 18 heavy (non-hydrogen) atoms. The van der Waals surface area contributed by atoms with Crippen LogP contribution in [0.1, 0.15) is 25.7 Å². The molecule has 2 aliphatic rings. The fourth-order valence-corrected chi connectivity index (χ4v) is 3.07. The van der Waals surface area contributed by atoms with E-state index < -0.39 is 0 Å². The lowest BCUT2D eigenvalue weighted by Gasteiger charge is -2.32. The van der Waals surface area contributed by atoms with Gasteiger partial charge in [0.05, 0.1) is 0 Å². The van der Waals surface area contributed by atoms with Crippen molar-refractivity contribution in [3.05, 3.63) is 6.33 Å².